The summed E-state index contributed by atoms with van der Waals surface area (Å²) in [5, 5.41) is 9.97. The Morgan fingerprint density at radius 2 is 1.81 bits per heavy atom. The molecule has 0 radical (unpaired) electrons. The smallest absolute Gasteiger partial charge is 0.217 e. The highest BCUT2D eigenvalue weighted by molar-refractivity contribution is 6.30. The van der Waals surface area contributed by atoms with Crippen LogP contribution in [0.25, 0.3) is 5.69 Å². The normalized spacial score (nSPS) is 21.3. The second kappa shape index (κ2) is 8.20. The molecule has 2 aliphatic rings. The van der Waals surface area contributed by atoms with E-state index in [9.17, 15) is 0 Å². The van der Waals surface area contributed by atoms with Gasteiger partial charge in [0.25, 0.3) is 0 Å². The molecule has 7 nitrogen and oxygen atoms in total. The van der Waals surface area contributed by atoms with Crippen LogP contribution in [-0.4, -0.2) is 42.8 Å². The molecule has 1 aromatic carbocycles. The first-order valence-electron chi connectivity index (χ1n) is 10.9. The number of fused-ring (bicyclic) bond motifs is 3. The molecular formula is C23H27ClN6O. The monoisotopic (exact) mass is 438 g/mol. The van der Waals surface area contributed by atoms with Crippen molar-refractivity contribution in [3.05, 3.63) is 58.0 Å². The van der Waals surface area contributed by atoms with Gasteiger partial charge in [0, 0.05) is 29.2 Å². The Kier molecular flexibility index (Phi) is 5.40. The summed E-state index contributed by atoms with van der Waals surface area (Å²) >= 11 is 6.29. The van der Waals surface area contributed by atoms with Crippen LogP contribution in [0.2, 0.25) is 5.02 Å². The number of nitrogens with zero attached hydrogens (tertiary/aromatic N) is 6. The molecule has 0 spiro atoms. The first-order valence-corrected chi connectivity index (χ1v) is 11.2. The summed E-state index contributed by atoms with van der Waals surface area (Å²) in [6.45, 7) is 5.48. The lowest BCUT2D eigenvalue weighted by Gasteiger charge is -2.28. The largest absolute Gasteiger partial charge is 0.474 e. The highest BCUT2D eigenvalue weighted by Crippen LogP contribution is 2.36. The van der Waals surface area contributed by atoms with E-state index in [4.69, 9.17) is 16.3 Å². The maximum absolute atomic E-state index is 6.29. The average Bonchev–Trinajstić information content (AvgIpc) is 3.05. The second-order valence-corrected chi connectivity index (χ2v) is 9.18. The molecule has 0 atom stereocenters. The number of rotatable bonds is 3. The maximum Gasteiger partial charge on any atom is 0.217 e. The van der Waals surface area contributed by atoms with Gasteiger partial charge in [0.1, 0.15) is 17.8 Å². The van der Waals surface area contributed by atoms with Crippen molar-refractivity contribution in [3.63, 3.8) is 0 Å². The summed E-state index contributed by atoms with van der Waals surface area (Å²) in [6, 6.07) is 8.02. The first-order chi connectivity index (χ1) is 15.0. The molecule has 0 bridgehead atoms. The van der Waals surface area contributed by atoms with Crippen molar-refractivity contribution in [2.45, 2.75) is 64.6 Å². The lowest BCUT2D eigenvalue weighted by molar-refractivity contribution is 0.138. The van der Waals surface area contributed by atoms with Gasteiger partial charge < -0.3 is 4.74 Å². The van der Waals surface area contributed by atoms with E-state index < -0.39 is 0 Å². The van der Waals surface area contributed by atoms with Crippen LogP contribution < -0.4 is 4.74 Å². The van der Waals surface area contributed by atoms with Crippen molar-refractivity contribution in [1.82, 2.24) is 29.6 Å². The zero-order valence-corrected chi connectivity index (χ0v) is 18.9. The van der Waals surface area contributed by atoms with E-state index in [0.29, 0.717) is 11.8 Å². The number of hydrogen-bond acceptors (Lipinski definition) is 6. The van der Waals surface area contributed by atoms with Crippen LogP contribution in [0.1, 0.15) is 60.3 Å². The zero-order chi connectivity index (χ0) is 21.5. The average molecular weight is 439 g/mol. The second-order valence-electron chi connectivity index (χ2n) is 8.74. The Bertz CT molecular complexity index is 1090. The Morgan fingerprint density at radius 1 is 1.00 bits per heavy atom. The minimum atomic E-state index is 0.175. The van der Waals surface area contributed by atoms with Crippen LogP contribution in [0, 0.1) is 13.8 Å². The molecule has 8 heteroatoms. The predicted molar refractivity (Wildman–Crippen MR) is 119 cm³/mol. The molecule has 0 amide bonds. The molecule has 3 heterocycles. The van der Waals surface area contributed by atoms with Gasteiger partial charge in [-0.3, -0.25) is 9.47 Å². The fourth-order valence-electron chi connectivity index (χ4n) is 4.80. The third-order valence-corrected chi connectivity index (χ3v) is 6.39. The Hall–Kier alpha value is -2.51. The third-order valence-electron chi connectivity index (χ3n) is 6.16. The summed E-state index contributed by atoms with van der Waals surface area (Å²) in [6.07, 6.45) is 4.16. The van der Waals surface area contributed by atoms with Gasteiger partial charge in [-0.1, -0.05) is 11.6 Å². The third kappa shape index (κ3) is 4.16. The molecule has 2 aromatic heterocycles. The van der Waals surface area contributed by atoms with Gasteiger partial charge in [-0.25, -0.2) is 4.98 Å². The molecule has 1 fully saturated rings. The number of halogens is 1. The maximum atomic E-state index is 6.29. The summed E-state index contributed by atoms with van der Waals surface area (Å²) in [5.41, 5.74) is 3.29. The summed E-state index contributed by atoms with van der Waals surface area (Å²) in [4.78, 5) is 11.0. The number of aromatic nitrogens is 5. The number of hydrogen-bond donors (Lipinski definition) is 0. The van der Waals surface area contributed by atoms with Crippen LogP contribution in [0.3, 0.4) is 0 Å². The van der Waals surface area contributed by atoms with Gasteiger partial charge >= 0.3 is 0 Å². The van der Waals surface area contributed by atoms with Gasteiger partial charge in [0.05, 0.1) is 12.2 Å². The van der Waals surface area contributed by atoms with Crippen molar-refractivity contribution in [2.24, 2.45) is 0 Å². The predicted octanol–water partition coefficient (Wildman–Crippen LogP) is 4.38. The van der Waals surface area contributed by atoms with E-state index in [-0.39, 0.29) is 6.10 Å². The number of ether oxygens (including phenoxy) is 1. The van der Waals surface area contributed by atoms with Crippen LogP contribution in [-0.2, 0) is 13.1 Å². The van der Waals surface area contributed by atoms with Crippen molar-refractivity contribution in [2.75, 3.05) is 7.05 Å². The van der Waals surface area contributed by atoms with Crippen molar-refractivity contribution in [3.8, 4) is 11.6 Å². The summed E-state index contributed by atoms with van der Waals surface area (Å²) < 4.78 is 8.45. The van der Waals surface area contributed by atoms with E-state index in [1.807, 2.05) is 26.0 Å². The zero-order valence-electron chi connectivity index (χ0n) is 18.2. The van der Waals surface area contributed by atoms with Crippen LogP contribution >= 0.6 is 11.6 Å². The van der Waals surface area contributed by atoms with Gasteiger partial charge in [0.15, 0.2) is 5.82 Å². The standard InChI is InChI=1S/C23H27ClN6O/c1-14-10-22(26-15(2)25-14)31-19-7-4-16(5-8-19)23-28-27-21-13-29(3)12-17-11-18(24)6-9-20(17)30(21)23/h6,9-11,16,19H,4-5,7-8,12-13H2,1-3H3. The molecule has 5 rings (SSSR count). The number of benzene rings is 1. The molecule has 1 aliphatic heterocycles. The van der Waals surface area contributed by atoms with E-state index in [1.165, 1.54) is 5.56 Å². The molecule has 3 aromatic rings. The number of aryl methyl sites for hydroxylation is 2. The Labute approximate surface area is 187 Å². The molecule has 1 saturated carbocycles. The van der Waals surface area contributed by atoms with Gasteiger partial charge in [-0.2, -0.15) is 4.98 Å². The molecule has 0 saturated heterocycles. The fraction of sp³-hybridized carbons (Fsp3) is 0.478. The van der Waals surface area contributed by atoms with Crippen molar-refractivity contribution >= 4 is 11.6 Å². The SMILES string of the molecule is Cc1cc(OC2CCC(c3nnc4n3-c3ccc(Cl)cc3CN(C)C4)CC2)nc(C)n1. The van der Waals surface area contributed by atoms with E-state index in [2.05, 4.69) is 48.8 Å². The van der Waals surface area contributed by atoms with Crippen molar-refractivity contribution in [1.29, 1.82) is 0 Å². The van der Waals surface area contributed by atoms with E-state index in [1.54, 1.807) is 0 Å². The highest BCUT2D eigenvalue weighted by Gasteiger charge is 2.30. The molecule has 0 N–H and O–H groups in total. The minimum absolute atomic E-state index is 0.175. The Morgan fingerprint density at radius 3 is 2.58 bits per heavy atom. The quantitative estimate of drug-likeness (QED) is 0.604. The topological polar surface area (TPSA) is 69.0 Å². The Balaban J connectivity index is 1.36. The lowest BCUT2D eigenvalue weighted by atomic mass is 9.86. The molecule has 31 heavy (non-hydrogen) atoms. The van der Waals surface area contributed by atoms with Crippen LogP contribution in [0.5, 0.6) is 5.88 Å². The lowest BCUT2D eigenvalue weighted by Crippen LogP contribution is -2.25. The van der Waals surface area contributed by atoms with Crippen molar-refractivity contribution < 1.29 is 4.74 Å². The van der Waals surface area contributed by atoms with Gasteiger partial charge in [-0.15, -0.1) is 10.2 Å². The molecular weight excluding hydrogens is 412 g/mol. The summed E-state index contributed by atoms with van der Waals surface area (Å²) in [5.74, 6) is 3.84. The van der Waals surface area contributed by atoms with Crippen LogP contribution in [0.4, 0.5) is 0 Å². The summed E-state index contributed by atoms with van der Waals surface area (Å²) in [7, 11) is 2.10. The van der Waals surface area contributed by atoms with Gasteiger partial charge in [-0.05, 0) is 70.3 Å². The first kappa shape index (κ1) is 20.4. The highest BCUT2D eigenvalue weighted by atomic mass is 35.5. The van der Waals surface area contributed by atoms with E-state index in [0.717, 1.165) is 72.6 Å². The molecule has 162 valence electrons. The van der Waals surface area contributed by atoms with E-state index >= 15 is 0 Å². The van der Waals surface area contributed by atoms with Crippen LogP contribution in [0.15, 0.2) is 24.3 Å². The fourth-order valence-corrected chi connectivity index (χ4v) is 4.99. The molecule has 0 unspecified atom stereocenters. The van der Waals surface area contributed by atoms with Gasteiger partial charge in [0.2, 0.25) is 5.88 Å². The minimum Gasteiger partial charge on any atom is -0.474 e. The molecule has 1 aliphatic carbocycles.